The van der Waals surface area contributed by atoms with Crippen LogP contribution in [0.4, 0.5) is 0 Å². The maximum atomic E-state index is 10.0. The standard InChI is InChI=1S/C4H9BrClO3P/c5-4(1-2-6)3-9-10(7)8/h4,10H,1-3H2,(H,7,8). The molecule has 2 unspecified atom stereocenters. The second kappa shape index (κ2) is 6.62. The smallest absolute Gasteiger partial charge is 0.316 e. The van der Waals surface area contributed by atoms with E-state index in [2.05, 4.69) is 20.5 Å². The predicted molar refractivity (Wildman–Crippen MR) is 45.2 cm³/mol. The lowest BCUT2D eigenvalue weighted by atomic mass is 10.4. The number of hydrogen-bond donors (Lipinski definition) is 1. The number of alkyl halides is 2. The van der Waals surface area contributed by atoms with E-state index in [4.69, 9.17) is 16.5 Å². The van der Waals surface area contributed by atoms with Crippen LogP contribution in [-0.4, -0.2) is 22.2 Å². The van der Waals surface area contributed by atoms with Crippen LogP contribution < -0.4 is 0 Å². The lowest BCUT2D eigenvalue weighted by Crippen LogP contribution is -2.05. The molecule has 0 fully saturated rings. The third-order valence-corrected chi connectivity index (χ3v) is 2.16. The highest BCUT2D eigenvalue weighted by atomic mass is 79.9. The Kier molecular flexibility index (Phi) is 7.23. The maximum Gasteiger partial charge on any atom is 0.316 e. The topological polar surface area (TPSA) is 46.5 Å². The molecular weight excluding hydrogens is 242 g/mol. The molecule has 0 aromatic carbocycles. The van der Waals surface area contributed by atoms with Gasteiger partial charge in [0.2, 0.25) is 0 Å². The molecule has 0 spiro atoms. The Morgan fingerprint density at radius 2 is 2.40 bits per heavy atom. The molecule has 0 aromatic heterocycles. The third kappa shape index (κ3) is 7.03. The molecule has 0 saturated heterocycles. The van der Waals surface area contributed by atoms with Crippen LogP contribution in [0, 0.1) is 0 Å². The minimum absolute atomic E-state index is 0.0751. The Morgan fingerprint density at radius 3 is 2.80 bits per heavy atom. The molecule has 6 heteroatoms. The highest BCUT2D eigenvalue weighted by molar-refractivity contribution is 9.09. The van der Waals surface area contributed by atoms with Crippen molar-refractivity contribution in [3.05, 3.63) is 0 Å². The molecule has 0 aliphatic heterocycles. The van der Waals surface area contributed by atoms with Gasteiger partial charge in [-0.1, -0.05) is 15.9 Å². The van der Waals surface area contributed by atoms with Crippen molar-refractivity contribution in [3.63, 3.8) is 0 Å². The average Bonchev–Trinajstić information content (AvgIpc) is 1.85. The second-order valence-electron chi connectivity index (χ2n) is 1.65. The molecule has 62 valence electrons. The quantitative estimate of drug-likeness (QED) is 0.598. The van der Waals surface area contributed by atoms with Gasteiger partial charge < -0.3 is 9.42 Å². The maximum absolute atomic E-state index is 10.0. The Hall–Kier alpha value is 0.920. The van der Waals surface area contributed by atoms with Crippen molar-refractivity contribution >= 4 is 35.8 Å². The molecule has 0 aliphatic rings. The third-order valence-electron chi connectivity index (χ3n) is 0.810. The van der Waals surface area contributed by atoms with Crippen LogP contribution in [0.5, 0.6) is 0 Å². The van der Waals surface area contributed by atoms with Crippen molar-refractivity contribution in [1.82, 2.24) is 0 Å². The van der Waals surface area contributed by atoms with Gasteiger partial charge in [-0.05, 0) is 6.42 Å². The Labute approximate surface area is 73.8 Å². The summed E-state index contributed by atoms with van der Waals surface area (Å²) in [6.45, 7) is 0.237. The van der Waals surface area contributed by atoms with E-state index in [1.54, 1.807) is 0 Å². The molecule has 0 rings (SSSR count). The fourth-order valence-corrected chi connectivity index (χ4v) is 1.84. The molecule has 0 heterocycles. The summed E-state index contributed by atoms with van der Waals surface area (Å²) < 4.78 is 14.5. The second-order valence-corrected chi connectivity index (χ2v) is 4.15. The molecule has 0 saturated carbocycles. The summed E-state index contributed by atoms with van der Waals surface area (Å²) in [6.07, 6.45) is 0.733. The SMILES string of the molecule is O=[PH](O)OCC(Br)CCCl. The molecule has 0 radical (unpaired) electrons. The molecule has 3 nitrogen and oxygen atoms in total. The van der Waals surface area contributed by atoms with Crippen LogP contribution in [0.1, 0.15) is 6.42 Å². The summed E-state index contributed by atoms with van der Waals surface area (Å²) >= 11 is 8.62. The van der Waals surface area contributed by atoms with Gasteiger partial charge in [-0.2, -0.15) is 0 Å². The highest BCUT2D eigenvalue weighted by Crippen LogP contribution is 2.17. The molecule has 0 aliphatic carbocycles. The van der Waals surface area contributed by atoms with Gasteiger partial charge in [-0.25, -0.2) is 0 Å². The van der Waals surface area contributed by atoms with Crippen molar-refractivity contribution in [1.29, 1.82) is 0 Å². The fraction of sp³-hybridized carbons (Fsp3) is 1.00. The average molecular weight is 251 g/mol. The summed E-state index contributed by atoms with van der Waals surface area (Å²) in [7, 11) is -2.77. The fourth-order valence-electron chi connectivity index (χ4n) is 0.363. The number of hydrogen-bond acceptors (Lipinski definition) is 2. The van der Waals surface area contributed by atoms with Gasteiger partial charge >= 0.3 is 8.25 Å². The Morgan fingerprint density at radius 1 is 1.80 bits per heavy atom. The van der Waals surface area contributed by atoms with Crippen LogP contribution in [0.15, 0.2) is 0 Å². The first kappa shape index (κ1) is 10.9. The number of halogens is 2. The highest BCUT2D eigenvalue weighted by Gasteiger charge is 2.03. The first-order valence-corrected chi connectivity index (χ1v) is 5.44. The van der Waals surface area contributed by atoms with Gasteiger partial charge in [0.05, 0.1) is 6.61 Å². The summed E-state index contributed by atoms with van der Waals surface area (Å²) in [5, 5.41) is 0. The number of rotatable bonds is 5. The van der Waals surface area contributed by atoms with E-state index in [1.165, 1.54) is 0 Å². The summed E-state index contributed by atoms with van der Waals surface area (Å²) in [6, 6.07) is 0. The van der Waals surface area contributed by atoms with Crippen molar-refractivity contribution in [2.45, 2.75) is 11.2 Å². The molecule has 10 heavy (non-hydrogen) atoms. The van der Waals surface area contributed by atoms with Gasteiger partial charge in [-0.3, -0.25) is 4.57 Å². The van der Waals surface area contributed by atoms with Gasteiger partial charge in [0.1, 0.15) is 0 Å². The normalized spacial score (nSPS) is 16.7. The van der Waals surface area contributed by atoms with E-state index in [9.17, 15) is 4.57 Å². The van der Waals surface area contributed by atoms with Crippen LogP contribution in [0.2, 0.25) is 0 Å². The Bertz CT molecular complexity index is 113. The van der Waals surface area contributed by atoms with Crippen molar-refractivity contribution in [2.24, 2.45) is 0 Å². The van der Waals surface area contributed by atoms with E-state index in [-0.39, 0.29) is 11.4 Å². The van der Waals surface area contributed by atoms with E-state index >= 15 is 0 Å². The molecule has 2 atom stereocenters. The van der Waals surface area contributed by atoms with Gasteiger partial charge in [0.25, 0.3) is 0 Å². The zero-order valence-electron chi connectivity index (χ0n) is 5.22. The molecule has 1 N–H and O–H groups in total. The zero-order valence-corrected chi connectivity index (χ0v) is 8.56. The van der Waals surface area contributed by atoms with Crippen LogP contribution >= 0.6 is 35.8 Å². The van der Waals surface area contributed by atoms with Crippen molar-refractivity contribution in [3.8, 4) is 0 Å². The summed E-state index contributed by atoms with van der Waals surface area (Å²) in [4.78, 5) is 8.31. The minimum atomic E-state index is -2.77. The Balaban J connectivity index is 3.21. The molecule has 0 aromatic rings. The van der Waals surface area contributed by atoms with Crippen LogP contribution in [0.25, 0.3) is 0 Å². The van der Waals surface area contributed by atoms with Crippen LogP contribution in [-0.2, 0) is 9.09 Å². The summed E-state index contributed by atoms with van der Waals surface area (Å²) in [5.41, 5.74) is 0. The zero-order chi connectivity index (χ0) is 7.98. The van der Waals surface area contributed by atoms with E-state index in [0.29, 0.717) is 5.88 Å². The molecular formula is C4H9BrClO3P. The monoisotopic (exact) mass is 250 g/mol. The van der Waals surface area contributed by atoms with Crippen molar-refractivity contribution < 1.29 is 14.0 Å². The summed E-state index contributed by atoms with van der Waals surface area (Å²) in [5.74, 6) is 0.519. The van der Waals surface area contributed by atoms with Gasteiger partial charge in [-0.15, -0.1) is 11.6 Å². The van der Waals surface area contributed by atoms with E-state index in [0.717, 1.165) is 6.42 Å². The molecule has 0 bridgehead atoms. The van der Waals surface area contributed by atoms with E-state index < -0.39 is 8.25 Å². The van der Waals surface area contributed by atoms with E-state index in [1.807, 2.05) is 0 Å². The van der Waals surface area contributed by atoms with Gasteiger partial charge in [0, 0.05) is 10.7 Å². The van der Waals surface area contributed by atoms with Crippen LogP contribution in [0.3, 0.4) is 0 Å². The lowest BCUT2D eigenvalue weighted by Gasteiger charge is -2.04. The predicted octanol–water partition coefficient (Wildman–Crippen LogP) is 1.78. The first-order chi connectivity index (χ1) is 4.66. The molecule has 0 amide bonds. The van der Waals surface area contributed by atoms with Crippen molar-refractivity contribution in [2.75, 3.05) is 12.5 Å². The largest absolute Gasteiger partial charge is 0.326 e. The minimum Gasteiger partial charge on any atom is -0.326 e. The lowest BCUT2D eigenvalue weighted by molar-refractivity contribution is 0.282. The van der Waals surface area contributed by atoms with Gasteiger partial charge in [0.15, 0.2) is 0 Å². The first-order valence-electron chi connectivity index (χ1n) is 2.72.